The first-order valence-corrected chi connectivity index (χ1v) is 17.9. The zero-order chi connectivity index (χ0) is 37.4. The molecule has 0 aliphatic rings. The van der Waals surface area contributed by atoms with Crippen molar-refractivity contribution in [3.05, 3.63) is 96.6 Å². The fraction of sp³-hybridized carbons (Fsp3) is 0.333. The largest absolute Gasteiger partial charge is 1.00 e. The molecule has 0 aromatic carbocycles. The van der Waals surface area contributed by atoms with Crippen molar-refractivity contribution >= 4 is 15.6 Å². The van der Waals surface area contributed by atoms with E-state index in [1.165, 1.54) is 0 Å². The molecule has 4 N–H and O–H groups in total. The number of rotatable bonds is 4. The monoisotopic (exact) mass is 1170 g/mol. The number of hydrogen-bond acceptors (Lipinski definition) is 4. The molecule has 0 aliphatic heterocycles. The van der Waals surface area contributed by atoms with Crippen LogP contribution in [0.5, 0.6) is 0 Å². The van der Waals surface area contributed by atoms with Gasteiger partial charge in [-0.2, -0.15) is 0 Å². The Bertz CT molecular complexity index is 1480. The van der Waals surface area contributed by atoms with Crippen LogP contribution in [0.1, 0.15) is 52.9 Å². The molecule has 6 nitrogen and oxygen atoms in total. The Balaban J connectivity index is -0.000000311. The third kappa shape index (κ3) is 39.2. The van der Waals surface area contributed by atoms with Crippen molar-refractivity contribution < 1.29 is 106 Å². The van der Waals surface area contributed by atoms with E-state index in [2.05, 4.69) is 85.7 Å². The summed E-state index contributed by atoms with van der Waals surface area (Å²) in [4.78, 5) is 18.0. The first kappa shape index (κ1) is 56.8. The Kier molecular flexibility index (Phi) is 20.3. The molecule has 0 atom stereocenters. The first-order chi connectivity index (χ1) is 21.0. The van der Waals surface area contributed by atoms with Crippen molar-refractivity contribution in [3.63, 3.8) is 0 Å². The average Bonchev–Trinajstić information content (AvgIpc) is 2.85. The summed E-state index contributed by atoms with van der Waals surface area (Å²) in [5, 5.41) is 0. The summed E-state index contributed by atoms with van der Waals surface area (Å²) in [6, 6.07) is 24.1. The molecule has 0 saturated heterocycles. The summed E-state index contributed by atoms with van der Waals surface area (Å²) < 4.78 is 118. The molecule has 4 heterocycles. The summed E-state index contributed by atoms with van der Waals surface area (Å²) in [5.74, 6) is 0. The van der Waals surface area contributed by atoms with Crippen molar-refractivity contribution in [3.8, 4) is 22.8 Å². The molecule has 0 radical (unpaired) electrons. The second-order valence-electron chi connectivity index (χ2n) is 12.8. The third-order valence-electron chi connectivity index (χ3n) is 4.89. The predicted octanol–water partition coefficient (Wildman–Crippen LogP) is 12.6. The molecule has 0 fully saturated rings. The SMILES string of the molecule is CC(C)(C)Cc1cccc(-c2ccccn2)n1.CC(C)(C)Cc1cccc(-c2ccccn2)n1.F[P-](F)(F)(F)(F)F.F[P-](F)(F)(F)(F)F.O.O.[Au+].[Au+]. The molecule has 4 rings (SSSR count). The van der Waals surface area contributed by atoms with Crippen molar-refractivity contribution in [2.24, 2.45) is 10.8 Å². The van der Waals surface area contributed by atoms with E-state index in [-0.39, 0.29) is 66.5 Å². The third-order valence-corrected chi connectivity index (χ3v) is 4.89. The molecule has 52 heavy (non-hydrogen) atoms. The first-order valence-electron chi connectivity index (χ1n) is 13.9. The molecular weight excluding hydrogens is 1130 g/mol. The van der Waals surface area contributed by atoms with E-state index in [0.717, 1.165) is 47.0 Å². The van der Waals surface area contributed by atoms with Crippen molar-refractivity contribution in [2.45, 2.75) is 54.4 Å². The fourth-order valence-electron chi connectivity index (χ4n) is 3.56. The maximum absolute atomic E-state index is 10.7. The number of halogens is 12. The molecule has 22 heteroatoms. The van der Waals surface area contributed by atoms with Crippen LogP contribution in [0.2, 0.25) is 0 Å². The minimum atomic E-state index is -10.7. The number of aromatic nitrogens is 4. The Hall–Kier alpha value is -1.98. The summed E-state index contributed by atoms with van der Waals surface area (Å²) in [6.07, 6.45) is 5.56. The van der Waals surface area contributed by atoms with Gasteiger partial charge in [0.2, 0.25) is 0 Å². The van der Waals surface area contributed by atoms with Gasteiger partial charge in [0.15, 0.2) is 0 Å². The molecule has 0 unspecified atom stereocenters. The van der Waals surface area contributed by atoms with E-state index in [1.807, 2.05) is 48.5 Å². The quantitative estimate of drug-likeness (QED) is 0.115. The number of hydrogen-bond donors (Lipinski definition) is 0. The minimum absolute atomic E-state index is 0. The van der Waals surface area contributed by atoms with Crippen LogP contribution in [0, 0.1) is 10.8 Å². The molecule has 0 spiro atoms. The van der Waals surface area contributed by atoms with E-state index < -0.39 is 15.6 Å². The van der Waals surface area contributed by atoms with Crippen molar-refractivity contribution in [2.75, 3.05) is 0 Å². The molecule has 4 aromatic rings. The Morgan fingerprint density at radius 2 is 0.673 bits per heavy atom. The van der Waals surface area contributed by atoms with Crippen molar-refractivity contribution in [1.29, 1.82) is 0 Å². The summed E-state index contributed by atoms with van der Waals surface area (Å²) in [5.41, 5.74) is 6.54. The number of nitrogens with zero attached hydrogens (tertiary/aromatic N) is 4. The second kappa shape index (κ2) is 18.6. The molecule has 0 amide bonds. The van der Waals surface area contributed by atoms with Crippen LogP contribution in [-0.4, -0.2) is 30.9 Å². The van der Waals surface area contributed by atoms with Crippen LogP contribution in [0.15, 0.2) is 85.2 Å². The van der Waals surface area contributed by atoms with Gasteiger partial charge in [0.05, 0.1) is 22.8 Å². The van der Waals surface area contributed by atoms with Gasteiger partial charge in [-0.25, -0.2) is 0 Å². The predicted molar refractivity (Wildman–Crippen MR) is 176 cm³/mol. The van der Waals surface area contributed by atoms with Gasteiger partial charge < -0.3 is 11.0 Å². The molecule has 0 saturated carbocycles. The fourth-order valence-corrected chi connectivity index (χ4v) is 3.56. The smallest absolute Gasteiger partial charge is 0.412 e. The van der Waals surface area contributed by atoms with Gasteiger partial charge in [-0.15, -0.1) is 0 Å². The summed E-state index contributed by atoms with van der Waals surface area (Å²) in [7, 11) is -21.3. The number of pyridine rings is 4. The zero-order valence-electron chi connectivity index (χ0n) is 28.3. The van der Waals surface area contributed by atoms with E-state index in [9.17, 15) is 50.4 Å². The Labute approximate surface area is 324 Å². The Morgan fingerprint density at radius 3 is 0.885 bits per heavy atom. The van der Waals surface area contributed by atoms with Gasteiger partial charge in [-0.1, -0.05) is 65.8 Å². The zero-order valence-corrected chi connectivity index (χ0v) is 34.4. The van der Waals surface area contributed by atoms with Gasteiger partial charge in [-0.3, -0.25) is 19.9 Å². The van der Waals surface area contributed by atoms with Crippen LogP contribution in [0.3, 0.4) is 0 Å². The van der Waals surface area contributed by atoms with Crippen LogP contribution >= 0.6 is 15.6 Å². The molecule has 4 aromatic heterocycles. The van der Waals surface area contributed by atoms with E-state index in [0.29, 0.717) is 0 Å². The standard InChI is InChI=1S/2C15H18N2.2Au.2F6P.2H2O/c2*1-15(2,3)11-12-7-6-9-14(17-12)13-8-4-5-10-16-13;;;2*1-7(2,3,4,5)6;;/h2*4-10H,11H2,1-3H3;;;;;2*1H2/q;;2*+1;2*-1;;. The minimum Gasteiger partial charge on any atom is -0.412 e. The van der Waals surface area contributed by atoms with Crippen LogP contribution in [-0.2, 0) is 57.6 Å². The van der Waals surface area contributed by atoms with Crippen molar-refractivity contribution in [1.82, 2.24) is 19.9 Å². The van der Waals surface area contributed by atoms with Crippen LogP contribution in [0.25, 0.3) is 22.8 Å². The molecule has 0 aliphatic carbocycles. The topological polar surface area (TPSA) is 115 Å². The maximum atomic E-state index is 9.87. The second-order valence-corrected chi connectivity index (χ2v) is 16.7. The maximum Gasteiger partial charge on any atom is 1.00 e. The van der Waals surface area contributed by atoms with Gasteiger partial charge in [-0.05, 0) is 72.2 Å². The van der Waals surface area contributed by atoms with Gasteiger partial charge in [0, 0.05) is 23.8 Å². The summed E-state index contributed by atoms with van der Waals surface area (Å²) in [6.45, 7) is 13.3. The molecular formula is C30H40Au2F12N4O2P2. The van der Waals surface area contributed by atoms with Gasteiger partial charge in [0.1, 0.15) is 0 Å². The van der Waals surface area contributed by atoms with Crippen LogP contribution < -0.4 is 0 Å². The normalized spacial score (nSPS) is 13.7. The van der Waals surface area contributed by atoms with E-state index in [1.54, 1.807) is 12.4 Å². The average molecular weight is 1170 g/mol. The van der Waals surface area contributed by atoms with Gasteiger partial charge in [0.25, 0.3) is 0 Å². The Morgan fingerprint density at radius 1 is 0.423 bits per heavy atom. The molecule has 308 valence electrons. The van der Waals surface area contributed by atoms with Gasteiger partial charge >= 0.3 is 111 Å². The van der Waals surface area contributed by atoms with E-state index in [4.69, 9.17) is 0 Å². The molecule has 0 bridgehead atoms. The van der Waals surface area contributed by atoms with E-state index >= 15 is 0 Å². The van der Waals surface area contributed by atoms with Crippen LogP contribution in [0.4, 0.5) is 50.4 Å². The summed E-state index contributed by atoms with van der Waals surface area (Å²) >= 11 is 0.